The van der Waals surface area contributed by atoms with Gasteiger partial charge in [0.15, 0.2) is 17.6 Å². The summed E-state index contributed by atoms with van der Waals surface area (Å²) in [6.45, 7) is 4.86. The number of nitrogens with zero attached hydrogens (tertiary/aromatic N) is 4. The maximum Gasteiger partial charge on any atom is 0.251 e. The van der Waals surface area contributed by atoms with Gasteiger partial charge in [-0.2, -0.15) is 0 Å². The van der Waals surface area contributed by atoms with Crippen LogP contribution in [0.5, 0.6) is 0 Å². The summed E-state index contributed by atoms with van der Waals surface area (Å²) < 4.78 is 7.47. The van der Waals surface area contributed by atoms with Gasteiger partial charge in [0.05, 0.1) is 12.4 Å². The number of carbonyl (C=O) groups excluding carboxylic acids is 2. The minimum atomic E-state index is -0.959. The van der Waals surface area contributed by atoms with Crippen LogP contribution in [0.25, 0.3) is 11.2 Å². The molecule has 0 bridgehead atoms. The molecule has 1 saturated carbocycles. The number of hydrogen-bond donors (Lipinski definition) is 4. The lowest BCUT2D eigenvalue weighted by Crippen LogP contribution is -2.40. The third-order valence-electron chi connectivity index (χ3n) is 6.62. The Hall–Kier alpha value is -3.23. The van der Waals surface area contributed by atoms with Crippen LogP contribution in [-0.4, -0.2) is 61.7 Å². The molecule has 2 aromatic heterocycles. The number of anilines is 1. The van der Waals surface area contributed by atoms with Gasteiger partial charge in [-0.05, 0) is 51.4 Å². The molecule has 35 heavy (non-hydrogen) atoms. The summed E-state index contributed by atoms with van der Waals surface area (Å²) >= 11 is 0. The van der Waals surface area contributed by atoms with E-state index in [-0.39, 0.29) is 35.8 Å². The number of carbonyl (C=O) groups is 2. The van der Waals surface area contributed by atoms with E-state index in [0.717, 1.165) is 25.7 Å². The summed E-state index contributed by atoms with van der Waals surface area (Å²) in [5.74, 6) is 7.03. The van der Waals surface area contributed by atoms with Gasteiger partial charge in [0.1, 0.15) is 11.7 Å². The van der Waals surface area contributed by atoms with Crippen LogP contribution in [0.4, 0.5) is 5.82 Å². The first-order valence-corrected chi connectivity index (χ1v) is 12.3. The molecule has 11 heteroatoms. The van der Waals surface area contributed by atoms with Gasteiger partial charge >= 0.3 is 0 Å². The monoisotopic (exact) mass is 483 g/mol. The van der Waals surface area contributed by atoms with Gasteiger partial charge in [0.25, 0.3) is 5.91 Å². The van der Waals surface area contributed by atoms with Crippen molar-refractivity contribution >= 4 is 28.8 Å². The van der Waals surface area contributed by atoms with Crippen molar-refractivity contribution in [3.8, 4) is 11.8 Å². The molecule has 1 aliphatic carbocycles. The Morgan fingerprint density at radius 3 is 2.60 bits per heavy atom. The smallest absolute Gasteiger partial charge is 0.251 e. The SMILES string of the molecule is CCNC(=O)C1CCC(CC#Cc2nc(N)c3ncn([C@H]4CC(O)[C@@H](C(=O)NCC)O4)c3n2)CC1. The first kappa shape index (κ1) is 24.9. The number of aliphatic hydroxyl groups is 1. The number of hydrogen-bond acceptors (Lipinski definition) is 8. The molecule has 2 aliphatic rings. The van der Waals surface area contributed by atoms with E-state index in [1.807, 2.05) is 6.92 Å². The van der Waals surface area contributed by atoms with E-state index in [1.165, 1.54) is 6.33 Å². The molecule has 0 aromatic carbocycles. The Balaban J connectivity index is 1.43. The van der Waals surface area contributed by atoms with E-state index in [1.54, 1.807) is 11.5 Å². The fourth-order valence-electron chi connectivity index (χ4n) is 4.76. The van der Waals surface area contributed by atoms with Gasteiger partial charge in [-0.15, -0.1) is 0 Å². The molecule has 0 spiro atoms. The Labute approximate surface area is 204 Å². The quantitative estimate of drug-likeness (QED) is 0.441. The van der Waals surface area contributed by atoms with Crippen molar-refractivity contribution in [3.63, 3.8) is 0 Å². The second kappa shape index (κ2) is 11.0. The first-order valence-electron chi connectivity index (χ1n) is 12.3. The van der Waals surface area contributed by atoms with E-state index in [4.69, 9.17) is 10.5 Å². The van der Waals surface area contributed by atoms with Crippen molar-refractivity contribution < 1.29 is 19.4 Å². The third kappa shape index (κ3) is 5.55. The van der Waals surface area contributed by atoms with E-state index < -0.39 is 18.4 Å². The van der Waals surface area contributed by atoms with Crippen molar-refractivity contribution in [2.24, 2.45) is 11.8 Å². The van der Waals surface area contributed by atoms with Crippen LogP contribution in [0.1, 0.15) is 64.4 Å². The molecule has 3 atom stereocenters. The van der Waals surface area contributed by atoms with Crippen molar-refractivity contribution in [3.05, 3.63) is 12.2 Å². The normalized spacial score (nSPS) is 26.2. The van der Waals surface area contributed by atoms with E-state index in [2.05, 4.69) is 37.4 Å². The molecular formula is C24H33N7O4. The van der Waals surface area contributed by atoms with E-state index in [9.17, 15) is 14.7 Å². The van der Waals surface area contributed by atoms with Gasteiger partial charge in [-0.1, -0.05) is 5.92 Å². The topological polar surface area (TPSA) is 157 Å². The summed E-state index contributed by atoms with van der Waals surface area (Å²) in [6.07, 6.45) is 3.65. The number of fused-ring (bicyclic) bond motifs is 1. The maximum atomic E-state index is 12.2. The van der Waals surface area contributed by atoms with Gasteiger partial charge in [0.2, 0.25) is 11.7 Å². The van der Waals surface area contributed by atoms with Gasteiger partial charge in [-0.3, -0.25) is 14.2 Å². The summed E-state index contributed by atoms with van der Waals surface area (Å²) in [5, 5.41) is 15.9. The summed E-state index contributed by atoms with van der Waals surface area (Å²) in [5.41, 5.74) is 6.97. The lowest BCUT2D eigenvalue weighted by atomic mass is 9.80. The van der Waals surface area contributed by atoms with Crippen molar-refractivity contribution in [2.45, 2.75) is 70.8 Å². The Kier molecular flexibility index (Phi) is 7.83. The van der Waals surface area contributed by atoms with Crippen LogP contribution >= 0.6 is 0 Å². The highest BCUT2D eigenvalue weighted by Crippen LogP contribution is 2.32. The lowest BCUT2D eigenvalue weighted by molar-refractivity contribution is -0.137. The summed E-state index contributed by atoms with van der Waals surface area (Å²) in [4.78, 5) is 37.3. The van der Waals surface area contributed by atoms with Crippen molar-refractivity contribution in [1.82, 2.24) is 30.2 Å². The number of rotatable bonds is 6. The Bertz CT molecular complexity index is 1130. The molecule has 1 unspecified atom stereocenters. The molecule has 2 fully saturated rings. The first-order chi connectivity index (χ1) is 16.9. The standard InChI is InChI=1S/C24H33N7O4/c1-3-26-23(33)15-10-8-14(9-11-15)6-5-7-17-29-21(25)19-22(30-17)31(13-28-19)18-12-16(32)20(35-18)24(34)27-4-2/h13-16,18,20,32H,3-4,6,8-12H2,1-2H3,(H,26,33)(H,27,34)(H2,25,29,30)/t14?,15?,16?,18-,20+/m1/s1. The highest BCUT2D eigenvalue weighted by atomic mass is 16.5. The molecule has 11 nitrogen and oxygen atoms in total. The average Bonchev–Trinajstić information content (AvgIpc) is 3.43. The molecule has 0 radical (unpaired) electrons. The number of imidazole rings is 1. The van der Waals surface area contributed by atoms with E-state index >= 15 is 0 Å². The van der Waals surface area contributed by atoms with Gasteiger partial charge in [-0.25, -0.2) is 15.0 Å². The predicted octanol–water partition coefficient (Wildman–Crippen LogP) is 0.877. The number of aliphatic hydroxyl groups excluding tert-OH is 1. The van der Waals surface area contributed by atoms with Crippen LogP contribution in [0.15, 0.2) is 6.33 Å². The maximum absolute atomic E-state index is 12.2. The lowest BCUT2D eigenvalue weighted by Gasteiger charge is -2.26. The molecule has 1 aliphatic heterocycles. The summed E-state index contributed by atoms with van der Waals surface area (Å²) in [6, 6.07) is 0. The van der Waals surface area contributed by atoms with E-state index in [0.29, 0.717) is 36.6 Å². The fraction of sp³-hybridized carbons (Fsp3) is 0.625. The molecule has 3 heterocycles. The highest BCUT2D eigenvalue weighted by molar-refractivity contribution is 5.83. The largest absolute Gasteiger partial charge is 0.390 e. The van der Waals surface area contributed by atoms with Crippen LogP contribution in [0, 0.1) is 23.7 Å². The molecule has 1 saturated heterocycles. The van der Waals surface area contributed by atoms with Gasteiger partial charge < -0.3 is 26.2 Å². The number of nitrogens with two attached hydrogens (primary N) is 1. The molecule has 2 amide bonds. The van der Waals surface area contributed by atoms with Crippen LogP contribution < -0.4 is 16.4 Å². The zero-order chi connectivity index (χ0) is 24.9. The summed E-state index contributed by atoms with van der Waals surface area (Å²) in [7, 11) is 0. The van der Waals surface area contributed by atoms with Crippen molar-refractivity contribution in [1.29, 1.82) is 0 Å². The third-order valence-corrected chi connectivity index (χ3v) is 6.62. The number of nitrogen functional groups attached to an aromatic ring is 1. The zero-order valence-corrected chi connectivity index (χ0v) is 20.2. The number of amides is 2. The van der Waals surface area contributed by atoms with Crippen LogP contribution in [0.2, 0.25) is 0 Å². The number of ether oxygens (including phenoxy) is 1. The van der Waals surface area contributed by atoms with Crippen LogP contribution in [-0.2, 0) is 14.3 Å². The average molecular weight is 484 g/mol. The molecular weight excluding hydrogens is 450 g/mol. The Morgan fingerprint density at radius 1 is 1.17 bits per heavy atom. The molecule has 5 N–H and O–H groups in total. The number of likely N-dealkylation sites (N-methyl/N-ethyl adjacent to an activating group) is 1. The second-order valence-electron chi connectivity index (χ2n) is 9.08. The Morgan fingerprint density at radius 2 is 1.89 bits per heavy atom. The molecule has 188 valence electrons. The second-order valence-corrected chi connectivity index (χ2v) is 9.08. The minimum Gasteiger partial charge on any atom is -0.390 e. The number of aromatic nitrogens is 4. The molecule has 2 aromatic rings. The fourth-order valence-corrected chi connectivity index (χ4v) is 4.76. The zero-order valence-electron chi connectivity index (χ0n) is 20.2. The molecule has 4 rings (SSSR count). The highest BCUT2D eigenvalue weighted by Gasteiger charge is 2.40. The van der Waals surface area contributed by atoms with Gasteiger partial charge in [0, 0.05) is 31.8 Å². The number of nitrogens with one attached hydrogen (secondary N) is 2. The van der Waals surface area contributed by atoms with Crippen LogP contribution in [0.3, 0.4) is 0 Å². The van der Waals surface area contributed by atoms with Crippen molar-refractivity contribution in [2.75, 3.05) is 18.8 Å². The minimum absolute atomic E-state index is 0.106. The predicted molar refractivity (Wildman–Crippen MR) is 129 cm³/mol.